The van der Waals surface area contributed by atoms with Crippen molar-refractivity contribution in [3.63, 3.8) is 0 Å². The average Bonchev–Trinajstić information content (AvgIpc) is 2.42. The fraction of sp³-hybridized carbons (Fsp3) is 1.00. The van der Waals surface area contributed by atoms with Crippen LogP contribution in [0.15, 0.2) is 0 Å². The number of nitrogens with zero attached hydrogens (tertiary/aromatic N) is 1. The number of halogens is 1. The fourth-order valence-electron chi connectivity index (χ4n) is 1.93. The third kappa shape index (κ3) is 4.05. The lowest BCUT2D eigenvalue weighted by molar-refractivity contribution is 0.215. The summed E-state index contributed by atoms with van der Waals surface area (Å²) >= 11 is 0. The van der Waals surface area contributed by atoms with Crippen LogP contribution < -0.4 is 5.32 Å². The van der Waals surface area contributed by atoms with Crippen molar-refractivity contribution in [3.8, 4) is 0 Å². The molecule has 1 fully saturated rings. The van der Waals surface area contributed by atoms with E-state index in [1.165, 1.54) is 19.3 Å². The van der Waals surface area contributed by atoms with Gasteiger partial charge in [-0.25, -0.2) is 0 Å². The lowest BCUT2D eigenvalue weighted by atomic mass is 10.1. The molecule has 1 saturated heterocycles. The van der Waals surface area contributed by atoms with Crippen molar-refractivity contribution in [1.82, 2.24) is 10.2 Å². The second-order valence-electron chi connectivity index (χ2n) is 3.86. The normalized spacial score (nSPS) is 24.7. The van der Waals surface area contributed by atoms with Gasteiger partial charge in [-0.2, -0.15) is 0 Å². The first kappa shape index (κ1) is 10.9. The van der Waals surface area contributed by atoms with Crippen molar-refractivity contribution in [2.45, 2.75) is 31.7 Å². The van der Waals surface area contributed by atoms with Crippen molar-refractivity contribution >= 4 is 0 Å². The van der Waals surface area contributed by atoms with Crippen LogP contribution in [-0.4, -0.2) is 44.3 Å². The first-order chi connectivity index (χ1) is 6.34. The molecule has 0 aromatic heterocycles. The predicted molar refractivity (Wildman–Crippen MR) is 53.7 cm³/mol. The molecule has 0 saturated carbocycles. The number of nitrogens with one attached hydrogen (secondary N) is 1. The van der Waals surface area contributed by atoms with E-state index >= 15 is 0 Å². The van der Waals surface area contributed by atoms with E-state index in [1.807, 2.05) is 0 Å². The van der Waals surface area contributed by atoms with Crippen LogP contribution in [0, 0.1) is 0 Å². The molecule has 78 valence electrons. The van der Waals surface area contributed by atoms with E-state index in [1.54, 1.807) is 0 Å². The number of rotatable bonds is 4. The molecule has 2 nitrogen and oxygen atoms in total. The van der Waals surface area contributed by atoms with Gasteiger partial charge in [0.2, 0.25) is 0 Å². The molecule has 0 amide bonds. The van der Waals surface area contributed by atoms with Gasteiger partial charge in [0.25, 0.3) is 0 Å². The molecular formula is C10H21FN2. The highest BCUT2D eigenvalue weighted by atomic mass is 19.1. The van der Waals surface area contributed by atoms with Gasteiger partial charge >= 0.3 is 0 Å². The molecule has 0 aromatic carbocycles. The molecule has 0 aromatic rings. The van der Waals surface area contributed by atoms with Gasteiger partial charge in [-0.3, -0.25) is 4.39 Å². The molecule has 1 rings (SSSR count). The Morgan fingerprint density at radius 2 is 2.23 bits per heavy atom. The SMILES string of the molecule is CN(CCCF)C1CCCNCC1. The predicted octanol–water partition coefficient (Wildman–Crippen LogP) is 1.42. The molecule has 1 aliphatic rings. The third-order valence-electron chi connectivity index (χ3n) is 2.81. The van der Waals surface area contributed by atoms with E-state index in [9.17, 15) is 4.39 Å². The summed E-state index contributed by atoms with van der Waals surface area (Å²) in [6, 6.07) is 0.668. The van der Waals surface area contributed by atoms with Crippen LogP contribution in [-0.2, 0) is 0 Å². The fourth-order valence-corrected chi connectivity index (χ4v) is 1.93. The molecule has 1 N–H and O–H groups in total. The molecule has 0 bridgehead atoms. The molecule has 13 heavy (non-hydrogen) atoms. The summed E-state index contributed by atoms with van der Waals surface area (Å²) < 4.78 is 12.0. The van der Waals surface area contributed by atoms with Gasteiger partial charge in [0, 0.05) is 12.6 Å². The lowest BCUT2D eigenvalue weighted by Crippen LogP contribution is -2.33. The van der Waals surface area contributed by atoms with Crippen LogP contribution in [0.1, 0.15) is 25.7 Å². The second kappa shape index (κ2) is 6.33. The molecule has 1 heterocycles. The van der Waals surface area contributed by atoms with Gasteiger partial charge in [-0.15, -0.1) is 0 Å². The molecule has 0 spiro atoms. The van der Waals surface area contributed by atoms with E-state index in [0.717, 1.165) is 19.6 Å². The van der Waals surface area contributed by atoms with Crippen LogP contribution in [0.2, 0.25) is 0 Å². The average molecular weight is 188 g/mol. The highest BCUT2D eigenvalue weighted by molar-refractivity contribution is 4.73. The summed E-state index contributed by atoms with van der Waals surface area (Å²) in [4.78, 5) is 2.31. The monoisotopic (exact) mass is 188 g/mol. The Morgan fingerprint density at radius 1 is 1.38 bits per heavy atom. The summed E-state index contributed by atoms with van der Waals surface area (Å²) in [5.74, 6) is 0. The zero-order valence-corrected chi connectivity index (χ0v) is 8.56. The van der Waals surface area contributed by atoms with E-state index < -0.39 is 0 Å². The molecule has 1 unspecified atom stereocenters. The number of hydrogen-bond donors (Lipinski definition) is 1. The third-order valence-corrected chi connectivity index (χ3v) is 2.81. The standard InChI is InChI=1S/C10H21FN2/c1-13(9-3-6-11)10-4-2-7-12-8-5-10/h10,12H,2-9H2,1H3. The van der Waals surface area contributed by atoms with Gasteiger partial charge in [-0.05, 0) is 45.8 Å². The Hall–Kier alpha value is -0.150. The van der Waals surface area contributed by atoms with Crippen molar-refractivity contribution in [2.24, 2.45) is 0 Å². The topological polar surface area (TPSA) is 15.3 Å². The van der Waals surface area contributed by atoms with Crippen molar-refractivity contribution in [3.05, 3.63) is 0 Å². The van der Waals surface area contributed by atoms with E-state index in [-0.39, 0.29) is 6.67 Å². The van der Waals surface area contributed by atoms with Crippen LogP contribution in [0.3, 0.4) is 0 Å². The maximum absolute atomic E-state index is 12.0. The first-order valence-corrected chi connectivity index (χ1v) is 5.31. The van der Waals surface area contributed by atoms with E-state index in [0.29, 0.717) is 12.5 Å². The minimum atomic E-state index is -0.185. The van der Waals surface area contributed by atoms with Crippen molar-refractivity contribution < 1.29 is 4.39 Å². The molecule has 1 aliphatic heterocycles. The van der Waals surface area contributed by atoms with Gasteiger partial charge < -0.3 is 10.2 Å². The Bertz CT molecular complexity index is 122. The quantitative estimate of drug-likeness (QED) is 0.718. The molecule has 0 aliphatic carbocycles. The van der Waals surface area contributed by atoms with Crippen molar-refractivity contribution in [2.75, 3.05) is 33.4 Å². The van der Waals surface area contributed by atoms with E-state index in [4.69, 9.17) is 0 Å². The zero-order chi connectivity index (χ0) is 9.52. The number of hydrogen-bond acceptors (Lipinski definition) is 2. The highest BCUT2D eigenvalue weighted by Gasteiger charge is 2.15. The Morgan fingerprint density at radius 3 is 3.00 bits per heavy atom. The van der Waals surface area contributed by atoms with Crippen LogP contribution in [0.5, 0.6) is 0 Å². The van der Waals surface area contributed by atoms with Gasteiger partial charge in [0.15, 0.2) is 0 Å². The summed E-state index contributed by atoms with van der Waals surface area (Å²) in [6.07, 6.45) is 4.41. The minimum Gasteiger partial charge on any atom is -0.317 e. The minimum absolute atomic E-state index is 0.185. The summed E-state index contributed by atoms with van der Waals surface area (Å²) in [5.41, 5.74) is 0. The summed E-state index contributed by atoms with van der Waals surface area (Å²) in [6.45, 7) is 2.98. The van der Waals surface area contributed by atoms with Gasteiger partial charge in [0.1, 0.15) is 0 Å². The van der Waals surface area contributed by atoms with Crippen LogP contribution >= 0.6 is 0 Å². The highest BCUT2D eigenvalue weighted by Crippen LogP contribution is 2.11. The largest absolute Gasteiger partial charge is 0.317 e. The Kier molecular flexibility index (Phi) is 5.32. The Labute approximate surface area is 80.5 Å². The Balaban J connectivity index is 2.22. The second-order valence-corrected chi connectivity index (χ2v) is 3.86. The first-order valence-electron chi connectivity index (χ1n) is 5.31. The molecular weight excluding hydrogens is 167 g/mol. The van der Waals surface area contributed by atoms with E-state index in [2.05, 4.69) is 17.3 Å². The maximum Gasteiger partial charge on any atom is 0.0906 e. The molecule has 3 heteroatoms. The lowest BCUT2D eigenvalue weighted by Gasteiger charge is -2.26. The van der Waals surface area contributed by atoms with Crippen molar-refractivity contribution in [1.29, 1.82) is 0 Å². The summed E-state index contributed by atoms with van der Waals surface area (Å²) in [5, 5.41) is 3.39. The van der Waals surface area contributed by atoms with Crippen LogP contribution in [0.25, 0.3) is 0 Å². The van der Waals surface area contributed by atoms with Gasteiger partial charge in [0.05, 0.1) is 6.67 Å². The maximum atomic E-state index is 12.0. The van der Waals surface area contributed by atoms with Gasteiger partial charge in [-0.1, -0.05) is 0 Å². The molecule has 0 radical (unpaired) electrons. The molecule has 1 atom stereocenters. The van der Waals surface area contributed by atoms with Crippen LogP contribution in [0.4, 0.5) is 4.39 Å². The summed E-state index contributed by atoms with van der Waals surface area (Å²) in [7, 11) is 2.12. The zero-order valence-electron chi connectivity index (χ0n) is 8.56. The smallest absolute Gasteiger partial charge is 0.0906 e. The number of alkyl halides is 1.